The summed E-state index contributed by atoms with van der Waals surface area (Å²) in [5, 5.41) is 22.8. The van der Waals surface area contributed by atoms with E-state index in [1.165, 1.54) is 0 Å². The minimum absolute atomic E-state index is 0.0118. The molecule has 5 rings (SSSR count). The Hall–Kier alpha value is -7.36. The standard InChI is InChI=1S/C56H72N8O8/c1-33(2)45-53(69)59-41(29-37-21-13-9-14-22-37)49(65)57-44(32-40-27-19-12-20-28-40)52(68)62-48(36(7)8)56(72)64-46(34(3)4)54(70)60-42(30-38-23-15-10-16-24-38)50(66)58-43(31-39-25-17-11-18-26-39)51(67)61-47(35(5)6)55(71)63-45/h9-28,33-36,41-48H,29-32H2,1-8H3,(H,57,65)(H,58,66)(H,59,69)(H,60,70)(H,61,67)(H,62,68)(H,63,71)(H,64,72). The fourth-order valence-electron chi connectivity index (χ4n) is 8.44. The van der Waals surface area contributed by atoms with Crippen LogP contribution in [0.3, 0.4) is 0 Å². The van der Waals surface area contributed by atoms with Crippen molar-refractivity contribution in [3.05, 3.63) is 144 Å². The van der Waals surface area contributed by atoms with Gasteiger partial charge in [0.15, 0.2) is 0 Å². The van der Waals surface area contributed by atoms with Gasteiger partial charge in [-0.15, -0.1) is 0 Å². The Kier molecular flexibility index (Phi) is 20.6. The van der Waals surface area contributed by atoms with Gasteiger partial charge in [0.25, 0.3) is 0 Å². The van der Waals surface area contributed by atoms with E-state index < -0.39 is 119 Å². The van der Waals surface area contributed by atoms with Crippen LogP contribution < -0.4 is 42.5 Å². The lowest BCUT2D eigenvalue weighted by atomic mass is 9.97. The number of carbonyl (C=O) groups excluding carboxylic acids is 8. The van der Waals surface area contributed by atoms with Crippen molar-refractivity contribution in [3.8, 4) is 0 Å². The fourth-order valence-corrected chi connectivity index (χ4v) is 8.44. The van der Waals surface area contributed by atoms with Crippen molar-refractivity contribution in [2.75, 3.05) is 0 Å². The van der Waals surface area contributed by atoms with Crippen molar-refractivity contribution in [3.63, 3.8) is 0 Å². The first-order valence-electron chi connectivity index (χ1n) is 24.9. The third-order valence-electron chi connectivity index (χ3n) is 12.7. The molecule has 1 fully saturated rings. The van der Waals surface area contributed by atoms with Crippen LogP contribution in [0.4, 0.5) is 0 Å². The lowest BCUT2D eigenvalue weighted by Crippen LogP contribution is -2.63. The Morgan fingerprint density at radius 3 is 0.639 bits per heavy atom. The van der Waals surface area contributed by atoms with E-state index in [2.05, 4.69) is 42.5 Å². The van der Waals surface area contributed by atoms with Gasteiger partial charge in [-0.3, -0.25) is 38.4 Å². The Morgan fingerprint density at radius 1 is 0.264 bits per heavy atom. The molecule has 0 saturated carbocycles. The third kappa shape index (κ3) is 16.4. The third-order valence-corrected chi connectivity index (χ3v) is 12.7. The molecule has 8 atom stereocenters. The van der Waals surface area contributed by atoms with E-state index in [0.717, 1.165) is 0 Å². The molecule has 72 heavy (non-hydrogen) atoms. The topological polar surface area (TPSA) is 233 Å². The molecule has 0 bridgehead atoms. The second-order valence-corrected chi connectivity index (χ2v) is 19.9. The van der Waals surface area contributed by atoms with Crippen LogP contribution in [0, 0.1) is 23.7 Å². The first-order valence-corrected chi connectivity index (χ1v) is 24.9. The van der Waals surface area contributed by atoms with Crippen LogP contribution in [0.2, 0.25) is 0 Å². The first kappa shape index (κ1) is 55.6. The summed E-state index contributed by atoms with van der Waals surface area (Å²) in [6.07, 6.45) is 0.0474. The highest BCUT2D eigenvalue weighted by atomic mass is 16.2. The van der Waals surface area contributed by atoms with Crippen LogP contribution in [-0.4, -0.2) is 95.6 Å². The maximum atomic E-state index is 14.6. The molecule has 4 aromatic carbocycles. The largest absolute Gasteiger partial charge is 0.342 e. The summed E-state index contributed by atoms with van der Waals surface area (Å²) in [4.78, 5) is 116. The fraction of sp³-hybridized carbons (Fsp3) is 0.429. The minimum atomic E-state index is -1.25. The molecular formula is C56H72N8O8. The van der Waals surface area contributed by atoms with Crippen molar-refractivity contribution in [1.29, 1.82) is 0 Å². The average Bonchev–Trinajstić information content (AvgIpc) is 3.35. The lowest BCUT2D eigenvalue weighted by Gasteiger charge is -2.31. The highest BCUT2D eigenvalue weighted by Gasteiger charge is 2.38. The van der Waals surface area contributed by atoms with Gasteiger partial charge in [0.2, 0.25) is 47.3 Å². The molecule has 0 radical (unpaired) electrons. The monoisotopic (exact) mass is 985 g/mol. The van der Waals surface area contributed by atoms with Crippen LogP contribution in [0.1, 0.15) is 77.6 Å². The molecule has 1 saturated heterocycles. The summed E-state index contributed by atoms with van der Waals surface area (Å²) in [6, 6.07) is 26.2. The maximum absolute atomic E-state index is 14.6. The van der Waals surface area contributed by atoms with Crippen LogP contribution in [0.15, 0.2) is 121 Å². The van der Waals surface area contributed by atoms with Crippen molar-refractivity contribution in [1.82, 2.24) is 42.5 Å². The second kappa shape index (κ2) is 26.7. The number of benzene rings is 4. The predicted molar refractivity (Wildman–Crippen MR) is 275 cm³/mol. The lowest BCUT2D eigenvalue weighted by molar-refractivity contribution is -0.137. The molecule has 0 aliphatic carbocycles. The van der Waals surface area contributed by atoms with Crippen LogP contribution in [0.25, 0.3) is 0 Å². The van der Waals surface area contributed by atoms with Crippen molar-refractivity contribution < 1.29 is 38.4 Å². The Bertz CT molecular complexity index is 2190. The highest BCUT2D eigenvalue weighted by Crippen LogP contribution is 2.15. The van der Waals surface area contributed by atoms with E-state index >= 15 is 0 Å². The predicted octanol–water partition coefficient (Wildman–Crippen LogP) is 3.47. The number of nitrogens with one attached hydrogen (secondary N) is 8. The minimum Gasteiger partial charge on any atom is -0.342 e. The van der Waals surface area contributed by atoms with Crippen LogP contribution in [-0.2, 0) is 64.0 Å². The quantitative estimate of drug-likeness (QED) is 0.105. The van der Waals surface area contributed by atoms with Gasteiger partial charge in [0.1, 0.15) is 48.3 Å². The van der Waals surface area contributed by atoms with E-state index in [9.17, 15) is 38.4 Å². The van der Waals surface area contributed by atoms with Gasteiger partial charge in [0.05, 0.1) is 0 Å². The second-order valence-electron chi connectivity index (χ2n) is 19.9. The molecule has 8 amide bonds. The SMILES string of the molecule is CC(C)C1NC(=O)C(Cc2ccccc2)NC(=O)C(Cc2ccccc2)NC(=O)C(C(C)C)NC(=O)C(C(C)C)NC(=O)C(Cc2ccccc2)NC(=O)C(Cc2ccccc2)NC(=O)C(C(C)C)NC1=O. The summed E-state index contributed by atoms with van der Waals surface area (Å²) < 4.78 is 0. The van der Waals surface area contributed by atoms with E-state index in [0.29, 0.717) is 22.3 Å². The zero-order valence-electron chi connectivity index (χ0n) is 42.6. The molecular weight excluding hydrogens is 913 g/mol. The normalized spacial score (nSPS) is 23.7. The molecule has 0 spiro atoms. The summed E-state index contributed by atoms with van der Waals surface area (Å²) >= 11 is 0. The van der Waals surface area contributed by atoms with E-state index in [4.69, 9.17) is 0 Å². The molecule has 8 N–H and O–H groups in total. The molecule has 16 heteroatoms. The molecule has 384 valence electrons. The molecule has 8 unspecified atom stereocenters. The molecule has 1 aliphatic heterocycles. The molecule has 1 aliphatic rings. The summed E-state index contributed by atoms with van der Waals surface area (Å²) in [5.41, 5.74) is 2.80. The number of rotatable bonds is 12. The zero-order chi connectivity index (χ0) is 52.5. The number of hydrogen-bond acceptors (Lipinski definition) is 8. The molecule has 1 heterocycles. The molecule has 4 aromatic rings. The maximum Gasteiger partial charge on any atom is 0.243 e. The van der Waals surface area contributed by atoms with E-state index in [1.54, 1.807) is 152 Å². The Labute approximate surface area is 423 Å². The first-order chi connectivity index (χ1) is 34.3. The van der Waals surface area contributed by atoms with Gasteiger partial charge < -0.3 is 42.5 Å². The Balaban J connectivity index is 1.60. The van der Waals surface area contributed by atoms with Gasteiger partial charge in [-0.2, -0.15) is 0 Å². The summed E-state index contributed by atoms with van der Waals surface area (Å²) in [7, 11) is 0. The smallest absolute Gasteiger partial charge is 0.243 e. The van der Waals surface area contributed by atoms with Gasteiger partial charge in [-0.05, 0) is 45.9 Å². The number of amides is 8. The highest BCUT2D eigenvalue weighted by molar-refractivity contribution is 5.99. The van der Waals surface area contributed by atoms with Crippen molar-refractivity contribution in [2.24, 2.45) is 23.7 Å². The van der Waals surface area contributed by atoms with Gasteiger partial charge in [-0.25, -0.2) is 0 Å². The molecule has 16 nitrogen and oxygen atoms in total. The summed E-state index contributed by atoms with van der Waals surface area (Å²) in [5.74, 6) is -7.53. The van der Waals surface area contributed by atoms with Gasteiger partial charge in [-0.1, -0.05) is 177 Å². The van der Waals surface area contributed by atoms with E-state index in [-0.39, 0.29) is 25.7 Å². The van der Waals surface area contributed by atoms with E-state index in [1.807, 2.05) is 24.3 Å². The number of hydrogen-bond donors (Lipinski definition) is 8. The van der Waals surface area contributed by atoms with Gasteiger partial charge in [0, 0.05) is 25.7 Å². The van der Waals surface area contributed by atoms with Gasteiger partial charge >= 0.3 is 0 Å². The van der Waals surface area contributed by atoms with Crippen molar-refractivity contribution in [2.45, 2.75) is 129 Å². The molecule has 0 aromatic heterocycles. The average molecular weight is 985 g/mol. The van der Waals surface area contributed by atoms with Crippen molar-refractivity contribution >= 4 is 47.3 Å². The summed E-state index contributed by atoms with van der Waals surface area (Å²) in [6.45, 7) is 13.9. The zero-order valence-corrected chi connectivity index (χ0v) is 42.6. The van der Waals surface area contributed by atoms with Crippen LogP contribution in [0.5, 0.6) is 0 Å². The number of carbonyl (C=O) groups is 8. The van der Waals surface area contributed by atoms with Crippen LogP contribution >= 0.6 is 0 Å². The Morgan fingerprint density at radius 2 is 0.431 bits per heavy atom.